The lowest BCUT2D eigenvalue weighted by Gasteiger charge is -2.11. The third-order valence-corrected chi connectivity index (χ3v) is 3.29. The Hall–Kier alpha value is -1.88. The first-order valence-electron chi connectivity index (χ1n) is 5.91. The molecule has 2 aromatic rings. The summed E-state index contributed by atoms with van der Waals surface area (Å²) in [5.41, 5.74) is 8.40. The van der Waals surface area contributed by atoms with Gasteiger partial charge in [0.05, 0.1) is 17.4 Å². The first-order valence-corrected chi connectivity index (χ1v) is 6.70. The summed E-state index contributed by atoms with van der Waals surface area (Å²) in [5, 5.41) is 2.88. The zero-order valence-corrected chi connectivity index (χ0v) is 12.1. The van der Waals surface area contributed by atoms with Crippen molar-refractivity contribution in [1.29, 1.82) is 0 Å². The number of rotatable bonds is 3. The molecule has 1 amide bonds. The second-order valence-corrected chi connectivity index (χ2v) is 4.99. The summed E-state index contributed by atoms with van der Waals surface area (Å²) in [5.74, 6) is -0.225. The van der Waals surface area contributed by atoms with E-state index in [2.05, 4.69) is 26.2 Å². The maximum absolute atomic E-state index is 12.2. The summed E-state index contributed by atoms with van der Waals surface area (Å²) in [7, 11) is 0. The summed E-state index contributed by atoms with van der Waals surface area (Å²) in [6.45, 7) is 2.04. The van der Waals surface area contributed by atoms with Crippen LogP contribution in [0.25, 0.3) is 0 Å². The van der Waals surface area contributed by atoms with Gasteiger partial charge >= 0.3 is 0 Å². The lowest BCUT2D eigenvalue weighted by atomic mass is 10.1. The van der Waals surface area contributed by atoms with Crippen LogP contribution in [0.2, 0.25) is 0 Å². The summed E-state index contributed by atoms with van der Waals surface area (Å²) >= 11 is 3.42. The molecule has 1 heterocycles. The Balaban J connectivity index is 2.27. The monoisotopic (exact) mass is 319 g/mol. The topological polar surface area (TPSA) is 68.0 Å². The Morgan fingerprint density at radius 2 is 2.21 bits per heavy atom. The fourth-order valence-electron chi connectivity index (χ4n) is 1.78. The Labute approximate surface area is 120 Å². The number of nitrogens with one attached hydrogen (secondary N) is 1. The van der Waals surface area contributed by atoms with E-state index in [-0.39, 0.29) is 5.91 Å². The maximum Gasteiger partial charge on any atom is 0.257 e. The maximum atomic E-state index is 12.2. The van der Waals surface area contributed by atoms with Crippen molar-refractivity contribution in [3.63, 3.8) is 0 Å². The molecule has 0 saturated heterocycles. The molecule has 0 bridgehead atoms. The van der Waals surface area contributed by atoms with Gasteiger partial charge in [0.15, 0.2) is 0 Å². The van der Waals surface area contributed by atoms with Gasteiger partial charge in [0.2, 0.25) is 0 Å². The van der Waals surface area contributed by atoms with Crippen LogP contribution in [0.5, 0.6) is 0 Å². The quantitative estimate of drug-likeness (QED) is 0.912. The predicted octanol–water partition coefficient (Wildman–Crippen LogP) is 3.24. The molecule has 2 rings (SSSR count). The third kappa shape index (κ3) is 3.12. The van der Waals surface area contributed by atoms with E-state index in [1.54, 1.807) is 12.3 Å². The number of hydrogen-bond donors (Lipinski definition) is 2. The normalized spacial score (nSPS) is 10.2. The molecule has 1 aromatic carbocycles. The number of aromatic nitrogens is 1. The van der Waals surface area contributed by atoms with Crippen LogP contribution in [0.15, 0.2) is 41.1 Å². The molecule has 0 aliphatic heterocycles. The minimum Gasteiger partial charge on any atom is -0.397 e. The van der Waals surface area contributed by atoms with Gasteiger partial charge in [-0.1, -0.05) is 22.9 Å². The van der Waals surface area contributed by atoms with Crippen molar-refractivity contribution < 1.29 is 4.79 Å². The molecule has 5 heteroatoms. The van der Waals surface area contributed by atoms with Crippen molar-refractivity contribution in [1.82, 2.24) is 4.98 Å². The number of benzene rings is 1. The summed E-state index contributed by atoms with van der Waals surface area (Å²) in [6, 6.07) is 7.36. The van der Waals surface area contributed by atoms with E-state index in [1.165, 1.54) is 6.20 Å². The molecule has 4 nitrogen and oxygen atoms in total. The fourth-order valence-corrected chi connectivity index (χ4v) is 2.19. The van der Waals surface area contributed by atoms with Gasteiger partial charge in [0.25, 0.3) is 5.91 Å². The van der Waals surface area contributed by atoms with Crippen LogP contribution in [0, 0.1) is 0 Å². The number of aryl methyl sites for hydroxylation is 1. The number of amides is 1. The van der Waals surface area contributed by atoms with Crippen LogP contribution in [0.3, 0.4) is 0 Å². The third-order valence-electron chi connectivity index (χ3n) is 2.79. The number of anilines is 2. The van der Waals surface area contributed by atoms with Crippen molar-refractivity contribution in [2.75, 3.05) is 11.1 Å². The van der Waals surface area contributed by atoms with E-state index in [4.69, 9.17) is 5.73 Å². The van der Waals surface area contributed by atoms with Gasteiger partial charge in [-0.2, -0.15) is 0 Å². The molecule has 19 heavy (non-hydrogen) atoms. The van der Waals surface area contributed by atoms with Crippen molar-refractivity contribution >= 4 is 33.2 Å². The Bertz CT molecular complexity index is 613. The highest BCUT2D eigenvalue weighted by atomic mass is 79.9. The Morgan fingerprint density at radius 1 is 1.42 bits per heavy atom. The fraction of sp³-hybridized carbons (Fsp3) is 0.143. The summed E-state index contributed by atoms with van der Waals surface area (Å²) < 4.78 is 0.991. The van der Waals surface area contributed by atoms with Crippen molar-refractivity contribution in [3.05, 3.63) is 52.3 Å². The van der Waals surface area contributed by atoms with Gasteiger partial charge in [0.1, 0.15) is 0 Å². The van der Waals surface area contributed by atoms with Crippen LogP contribution < -0.4 is 11.1 Å². The lowest BCUT2D eigenvalue weighted by molar-refractivity contribution is 0.102. The van der Waals surface area contributed by atoms with Crippen molar-refractivity contribution in [3.8, 4) is 0 Å². The summed E-state index contributed by atoms with van der Waals surface area (Å²) in [6.07, 6.45) is 3.85. The molecule has 1 aromatic heterocycles. The molecular formula is C14H14BrN3O. The molecule has 0 aliphatic carbocycles. The van der Waals surface area contributed by atoms with E-state index in [9.17, 15) is 4.79 Å². The molecule has 0 fully saturated rings. The number of nitrogens with two attached hydrogens (primary N) is 1. The molecular weight excluding hydrogens is 306 g/mol. The van der Waals surface area contributed by atoms with Gasteiger partial charge < -0.3 is 11.1 Å². The zero-order valence-electron chi connectivity index (χ0n) is 10.5. The number of nitrogen functional groups attached to an aromatic ring is 1. The van der Waals surface area contributed by atoms with Crippen LogP contribution in [-0.4, -0.2) is 10.9 Å². The highest BCUT2D eigenvalue weighted by Crippen LogP contribution is 2.22. The van der Waals surface area contributed by atoms with Crippen LogP contribution in [0.1, 0.15) is 22.8 Å². The first kappa shape index (κ1) is 13.5. The minimum atomic E-state index is -0.225. The molecule has 3 N–H and O–H groups in total. The summed E-state index contributed by atoms with van der Waals surface area (Å²) in [4.78, 5) is 16.0. The molecule has 98 valence electrons. The largest absolute Gasteiger partial charge is 0.397 e. The number of nitrogens with zero attached hydrogens (tertiary/aromatic N) is 1. The van der Waals surface area contributed by atoms with Crippen LogP contribution >= 0.6 is 15.9 Å². The first-order chi connectivity index (χ1) is 9.11. The lowest BCUT2D eigenvalue weighted by Crippen LogP contribution is -2.15. The molecule has 0 unspecified atom stereocenters. The molecule has 0 atom stereocenters. The molecule has 0 spiro atoms. The number of carbonyl (C=O) groups excluding carboxylic acids is 1. The van der Waals surface area contributed by atoms with Crippen molar-refractivity contribution in [2.45, 2.75) is 13.3 Å². The Kier molecular flexibility index (Phi) is 4.16. The number of pyridine rings is 1. The Morgan fingerprint density at radius 3 is 2.89 bits per heavy atom. The van der Waals surface area contributed by atoms with E-state index in [1.807, 2.05) is 25.1 Å². The highest BCUT2D eigenvalue weighted by Gasteiger charge is 2.11. The average Bonchev–Trinajstić information content (AvgIpc) is 2.41. The smallest absolute Gasteiger partial charge is 0.257 e. The van der Waals surface area contributed by atoms with Gasteiger partial charge in [-0.25, -0.2) is 0 Å². The van der Waals surface area contributed by atoms with Gasteiger partial charge in [-0.3, -0.25) is 9.78 Å². The second-order valence-electron chi connectivity index (χ2n) is 4.07. The van der Waals surface area contributed by atoms with Gasteiger partial charge in [0, 0.05) is 16.4 Å². The standard InChI is InChI=1S/C14H14BrN3O/c1-2-9-7-10(15)3-4-13(9)18-14(19)11-5-6-17-8-12(11)16/h3-8H,2,16H2,1H3,(H,18,19). The average molecular weight is 320 g/mol. The molecule has 0 radical (unpaired) electrons. The van der Waals surface area contributed by atoms with E-state index >= 15 is 0 Å². The number of carbonyl (C=O) groups is 1. The van der Waals surface area contributed by atoms with E-state index < -0.39 is 0 Å². The minimum absolute atomic E-state index is 0.225. The van der Waals surface area contributed by atoms with Gasteiger partial charge in [-0.05, 0) is 36.2 Å². The van der Waals surface area contributed by atoms with E-state index in [0.717, 1.165) is 22.1 Å². The predicted molar refractivity (Wildman–Crippen MR) is 80.1 cm³/mol. The molecule has 0 aliphatic rings. The SMILES string of the molecule is CCc1cc(Br)ccc1NC(=O)c1ccncc1N. The second kappa shape index (κ2) is 5.84. The van der Waals surface area contributed by atoms with E-state index in [0.29, 0.717) is 11.3 Å². The van der Waals surface area contributed by atoms with Gasteiger partial charge in [-0.15, -0.1) is 0 Å². The van der Waals surface area contributed by atoms with Crippen LogP contribution in [0.4, 0.5) is 11.4 Å². The number of hydrogen-bond acceptors (Lipinski definition) is 3. The van der Waals surface area contributed by atoms with Crippen LogP contribution in [-0.2, 0) is 6.42 Å². The molecule has 0 saturated carbocycles. The zero-order chi connectivity index (χ0) is 13.8. The highest BCUT2D eigenvalue weighted by molar-refractivity contribution is 9.10. The number of halogens is 1. The van der Waals surface area contributed by atoms with Crippen molar-refractivity contribution in [2.24, 2.45) is 0 Å².